The van der Waals surface area contributed by atoms with Gasteiger partial charge in [0.25, 0.3) is 0 Å². The van der Waals surface area contributed by atoms with Gasteiger partial charge < -0.3 is 14.6 Å². The number of rotatable bonds is 2. The first kappa shape index (κ1) is 12.0. The average molecular weight is 250 g/mol. The minimum absolute atomic E-state index is 0.455. The number of anilines is 1. The predicted molar refractivity (Wildman–Crippen MR) is 69.8 cm³/mol. The summed E-state index contributed by atoms with van der Waals surface area (Å²) in [6.07, 6.45) is 4.67. The van der Waals surface area contributed by atoms with Gasteiger partial charge in [-0.1, -0.05) is 12.0 Å². The van der Waals surface area contributed by atoms with Gasteiger partial charge in [-0.25, -0.2) is 0 Å². The highest BCUT2D eigenvalue weighted by Crippen LogP contribution is 2.27. The molecule has 0 saturated carbocycles. The molecule has 5 nitrogen and oxygen atoms in total. The molecule has 2 aliphatic rings. The van der Waals surface area contributed by atoms with Crippen LogP contribution in [-0.4, -0.2) is 36.4 Å². The van der Waals surface area contributed by atoms with E-state index in [0.29, 0.717) is 5.92 Å². The van der Waals surface area contributed by atoms with E-state index >= 15 is 0 Å². The first-order valence-corrected chi connectivity index (χ1v) is 7.12. The summed E-state index contributed by atoms with van der Waals surface area (Å²) in [5, 5.41) is 11.8. The molecule has 0 aliphatic carbocycles. The number of piperidine rings is 2. The van der Waals surface area contributed by atoms with Crippen molar-refractivity contribution in [3.63, 3.8) is 0 Å². The van der Waals surface area contributed by atoms with Gasteiger partial charge in [-0.05, 0) is 44.7 Å². The summed E-state index contributed by atoms with van der Waals surface area (Å²) in [7, 11) is 0. The van der Waals surface area contributed by atoms with Crippen molar-refractivity contribution < 1.29 is 4.42 Å². The molecule has 1 aromatic heterocycles. The molecule has 2 fully saturated rings. The topological polar surface area (TPSA) is 54.2 Å². The molecule has 3 heterocycles. The maximum absolute atomic E-state index is 5.87. The fourth-order valence-electron chi connectivity index (χ4n) is 2.79. The Morgan fingerprint density at radius 3 is 2.56 bits per heavy atom. The molecule has 0 amide bonds. The Labute approximate surface area is 108 Å². The van der Waals surface area contributed by atoms with Crippen LogP contribution in [0.5, 0.6) is 0 Å². The van der Waals surface area contributed by atoms with Crippen LogP contribution in [-0.2, 0) is 0 Å². The molecule has 18 heavy (non-hydrogen) atoms. The zero-order chi connectivity index (χ0) is 12.4. The van der Waals surface area contributed by atoms with Gasteiger partial charge in [0.05, 0.1) is 0 Å². The second-order valence-corrected chi connectivity index (χ2v) is 5.62. The van der Waals surface area contributed by atoms with Crippen molar-refractivity contribution in [2.45, 2.75) is 38.5 Å². The molecule has 0 atom stereocenters. The van der Waals surface area contributed by atoms with Gasteiger partial charge in [-0.3, -0.25) is 0 Å². The summed E-state index contributed by atoms with van der Waals surface area (Å²) in [5.41, 5.74) is 0. The Hall–Kier alpha value is -1.10. The summed E-state index contributed by atoms with van der Waals surface area (Å²) < 4.78 is 5.87. The zero-order valence-corrected chi connectivity index (χ0v) is 11.1. The first-order valence-electron chi connectivity index (χ1n) is 7.12. The number of aromatic nitrogens is 2. The van der Waals surface area contributed by atoms with Crippen LogP contribution in [0.3, 0.4) is 0 Å². The van der Waals surface area contributed by atoms with Crippen molar-refractivity contribution >= 4 is 6.01 Å². The molecule has 2 saturated heterocycles. The van der Waals surface area contributed by atoms with E-state index in [4.69, 9.17) is 4.42 Å². The third-order valence-electron chi connectivity index (χ3n) is 4.17. The number of nitrogens with one attached hydrogen (secondary N) is 1. The van der Waals surface area contributed by atoms with Crippen molar-refractivity contribution in [1.29, 1.82) is 0 Å². The van der Waals surface area contributed by atoms with Crippen LogP contribution in [0.4, 0.5) is 6.01 Å². The quantitative estimate of drug-likeness (QED) is 0.867. The molecule has 2 aliphatic heterocycles. The van der Waals surface area contributed by atoms with E-state index in [1.807, 2.05) is 0 Å². The summed E-state index contributed by atoms with van der Waals surface area (Å²) in [4.78, 5) is 2.23. The molecular weight excluding hydrogens is 228 g/mol. The van der Waals surface area contributed by atoms with Crippen LogP contribution in [0.25, 0.3) is 0 Å². The number of nitrogens with zero attached hydrogens (tertiary/aromatic N) is 3. The molecule has 3 rings (SSSR count). The fourth-order valence-corrected chi connectivity index (χ4v) is 2.79. The highest BCUT2D eigenvalue weighted by atomic mass is 16.4. The molecular formula is C13H22N4O. The fraction of sp³-hybridized carbons (Fsp3) is 0.846. The molecule has 0 radical (unpaired) electrons. The van der Waals surface area contributed by atoms with Crippen LogP contribution in [0.15, 0.2) is 4.42 Å². The minimum atomic E-state index is 0.455. The summed E-state index contributed by atoms with van der Waals surface area (Å²) in [6, 6.07) is 0.732. The molecule has 0 bridgehead atoms. The lowest BCUT2D eigenvalue weighted by Gasteiger charge is -2.28. The highest BCUT2D eigenvalue weighted by Gasteiger charge is 2.24. The second-order valence-electron chi connectivity index (χ2n) is 5.62. The smallest absolute Gasteiger partial charge is 0.318 e. The largest absolute Gasteiger partial charge is 0.408 e. The molecule has 0 spiro atoms. The minimum Gasteiger partial charge on any atom is -0.408 e. The lowest BCUT2D eigenvalue weighted by Crippen LogP contribution is -2.33. The van der Waals surface area contributed by atoms with Crippen molar-refractivity contribution in [2.75, 3.05) is 31.1 Å². The molecule has 1 aromatic rings. The average Bonchev–Trinajstić information content (AvgIpc) is 2.90. The Kier molecular flexibility index (Phi) is 3.50. The standard InChI is InChI=1S/C13H22N4O/c1-10-4-8-17(9-5-10)13-16-15-12(18-13)11-2-6-14-7-3-11/h10-11,14H,2-9H2,1H3. The Balaban J connectivity index is 1.65. The van der Waals surface area contributed by atoms with Gasteiger partial charge >= 0.3 is 6.01 Å². The molecule has 0 aromatic carbocycles. The highest BCUT2D eigenvalue weighted by molar-refractivity contribution is 5.25. The Morgan fingerprint density at radius 2 is 1.83 bits per heavy atom. The van der Waals surface area contributed by atoms with E-state index in [0.717, 1.165) is 56.8 Å². The summed E-state index contributed by atoms with van der Waals surface area (Å²) in [6.45, 7) is 6.53. The number of hydrogen-bond donors (Lipinski definition) is 1. The van der Waals surface area contributed by atoms with E-state index in [2.05, 4.69) is 27.3 Å². The second kappa shape index (κ2) is 5.26. The van der Waals surface area contributed by atoms with Gasteiger partial charge in [0.1, 0.15) is 0 Å². The van der Waals surface area contributed by atoms with Crippen LogP contribution < -0.4 is 10.2 Å². The Morgan fingerprint density at radius 1 is 1.11 bits per heavy atom. The summed E-state index contributed by atoms with van der Waals surface area (Å²) in [5.74, 6) is 2.12. The normalized spacial score (nSPS) is 23.5. The third-order valence-corrected chi connectivity index (χ3v) is 4.17. The van der Waals surface area contributed by atoms with E-state index in [1.54, 1.807) is 0 Å². The van der Waals surface area contributed by atoms with Crippen molar-refractivity contribution in [1.82, 2.24) is 15.5 Å². The zero-order valence-electron chi connectivity index (χ0n) is 11.1. The monoisotopic (exact) mass is 250 g/mol. The van der Waals surface area contributed by atoms with Crippen molar-refractivity contribution in [3.8, 4) is 0 Å². The Bertz CT molecular complexity index is 378. The maximum Gasteiger partial charge on any atom is 0.318 e. The molecule has 1 N–H and O–H groups in total. The first-order chi connectivity index (χ1) is 8.83. The lowest BCUT2D eigenvalue weighted by atomic mass is 9.98. The van der Waals surface area contributed by atoms with Crippen LogP contribution in [0.1, 0.15) is 44.4 Å². The van der Waals surface area contributed by atoms with Gasteiger partial charge in [-0.15, -0.1) is 5.10 Å². The number of hydrogen-bond acceptors (Lipinski definition) is 5. The van der Waals surface area contributed by atoms with Crippen LogP contribution in [0, 0.1) is 5.92 Å². The van der Waals surface area contributed by atoms with Gasteiger partial charge in [0.15, 0.2) is 0 Å². The van der Waals surface area contributed by atoms with Crippen LogP contribution >= 0.6 is 0 Å². The van der Waals surface area contributed by atoms with Gasteiger partial charge in [0.2, 0.25) is 5.89 Å². The van der Waals surface area contributed by atoms with Crippen LogP contribution in [0.2, 0.25) is 0 Å². The predicted octanol–water partition coefficient (Wildman–Crippen LogP) is 1.77. The van der Waals surface area contributed by atoms with Crippen molar-refractivity contribution in [3.05, 3.63) is 5.89 Å². The van der Waals surface area contributed by atoms with E-state index in [9.17, 15) is 0 Å². The third kappa shape index (κ3) is 2.51. The maximum atomic E-state index is 5.87. The van der Waals surface area contributed by atoms with E-state index in [-0.39, 0.29) is 0 Å². The SMILES string of the molecule is CC1CCN(c2nnc(C3CCNCC3)o2)CC1. The van der Waals surface area contributed by atoms with Gasteiger partial charge in [-0.2, -0.15) is 0 Å². The van der Waals surface area contributed by atoms with Gasteiger partial charge in [0, 0.05) is 19.0 Å². The molecule has 0 unspecified atom stereocenters. The summed E-state index contributed by atoms with van der Waals surface area (Å²) >= 11 is 0. The molecule has 5 heteroatoms. The van der Waals surface area contributed by atoms with Crippen molar-refractivity contribution in [2.24, 2.45) is 5.92 Å². The molecule has 100 valence electrons. The lowest BCUT2D eigenvalue weighted by molar-refractivity contribution is 0.363. The van der Waals surface area contributed by atoms with E-state index in [1.165, 1.54) is 12.8 Å². The van der Waals surface area contributed by atoms with E-state index < -0.39 is 0 Å².